The van der Waals surface area contributed by atoms with Gasteiger partial charge in [0.05, 0.1) is 0 Å². The number of hydrogen-bond acceptors (Lipinski definition) is 4. The molecule has 0 aliphatic rings. The standard InChI is InChI=1S/C7H14O3.C4H10O/c1-4-7(8)10-6(3)9-5-2;1-3-5-4-2/h6H,4-5H2,1-3H3;3-4H2,1-2H3. The van der Waals surface area contributed by atoms with Gasteiger partial charge in [0, 0.05) is 26.2 Å². The van der Waals surface area contributed by atoms with Crippen molar-refractivity contribution in [1.29, 1.82) is 0 Å². The second kappa shape index (κ2) is 13.4. The van der Waals surface area contributed by atoms with E-state index < -0.39 is 6.29 Å². The minimum absolute atomic E-state index is 0.221. The molecule has 0 aromatic heterocycles. The van der Waals surface area contributed by atoms with E-state index in [1.807, 2.05) is 20.8 Å². The van der Waals surface area contributed by atoms with E-state index in [0.717, 1.165) is 13.2 Å². The van der Waals surface area contributed by atoms with Crippen LogP contribution in [-0.2, 0) is 19.0 Å². The van der Waals surface area contributed by atoms with E-state index >= 15 is 0 Å². The summed E-state index contributed by atoms with van der Waals surface area (Å²) in [5.41, 5.74) is 0. The Labute approximate surface area is 92.9 Å². The molecule has 0 aromatic carbocycles. The van der Waals surface area contributed by atoms with Gasteiger partial charge in [-0.15, -0.1) is 0 Å². The molecule has 0 saturated carbocycles. The molecule has 0 aromatic rings. The molecule has 0 saturated heterocycles. The first kappa shape index (κ1) is 16.8. The van der Waals surface area contributed by atoms with Crippen LogP contribution in [0.25, 0.3) is 0 Å². The third-order valence-corrected chi connectivity index (χ3v) is 1.40. The van der Waals surface area contributed by atoms with Crippen LogP contribution < -0.4 is 0 Å². The van der Waals surface area contributed by atoms with Gasteiger partial charge in [0.25, 0.3) is 0 Å². The molecule has 1 atom stereocenters. The lowest BCUT2D eigenvalue weighted by Gasteiger charge is -2.11. The minimum atomic E-state index is -0.405. The molecular weight excluding hydrogens is 196 g/mol. The van der Waals surface area contributed by atoms with Crippen LogP contribution in [0.5, 0.6) is 0 Å². The highest BCUT2D eigenvalue weighted by molar-refractivity contribution is 5.68. The Bertz CT molecular complexity index is 135. The highest BCUT2D eigenvalue weighted by Gasteiger charge is 2.04. The Morgan fingerprint density at radius 1 is 1.07 bits per heavy atom. The first-order chi connectivity index (χ1) is 7.12. The molecule has 0 rings (SSSR count). The minimum Gasteiger partial charge on any atom is -0.436 e. The van der Waals surface area contributed by atoms with Crippen molar-refractivity contribution in [1.82, 2.24) is 0 Å². The summed E-state index contributed by atoms with van der Waals surface area (Å²) in [6.45, 7) is 11.5. The zero-order chi connectivity index (χ0) is 12.1. The predicted molar refractivity (Wildman–Crippen MR) is 59.6 cm³/mol. The van der Waals surface area contributed by atoms with Crippen molar-refractivity contribution in [2.45, 2.75) is 47.3 Å². The van der Waals surface area contributed by atoms with Crippen molar-refractivity contribution in [3.63, 3.8) is 0 Å². The summed E-state index contributed by atoms with van der Waals surface area (Å²) in [6, 6.07) is 0. The van der Waals surface area contributed by atoms with Crippen molar-refractivity contribution < 1.29 is 19.0 Å². The second-order valence-corrected chi connectivity index (χ2v) is 2.65. The largest absolute Gasteiger partial charge is 0.436 e. The van der Waals surface area contributed by atoms with Crippen LogP contribution >= 0.6 is 0 Å². The number of ether oxygens (including phenoxy) is 3. The Morgan fingerprint density at radius 2 is 1.60 bits per heavy atom. The van der Waals surface area contributed by atoms with Crippen LogP contribution in [0.4, 0.5) is 0 Å². The maximum atomic E-state index is 10.6. The van der Waals surface area contributed by atoms with Crippen molar-refractivity contribution in [2.24, 2.45) is 0 Å². The number of hydrogen-bond donors (Lipinski definition) is 0. The van der Waals surface area contributed by atoms with Gasteiger partial charge in [-0.1, -0.05) is 6.92 Å². The SMILES string of the molecule is CCOC(C)OC(=O)CC.CCOCC. The van der Waals surface area contributed by atoms with Gasteiger partial charge in [0.15, 0.2) is 6.29 Å². The lowest BCUT2D eigenvalue weighted by atomic mass is 10.5. The molecule has 0 aliphatic carbocycles. The van der Waals surface area contributed by atoms with E-state index in [2.05, 4.69) is 0 Å². The third kappa shape index (κ3) is 16.1. The van der Waals surface area contributed by atoms with E-state index in [1.54, 1.807) is 13.8 Å². The quantitative estimate of drug-likeness (QED) is 0.509. The fraction of sp³-hybridized carbons (Fsp3) is 0.909. The Balaban J connectivity index is 0. The molecule has 0 bridgehead atoms. The molecular formula is C11H24O4. The van der Waals surface area contributed by atoms with Gasteiger partial charge in [0.1, 0.15) is 0 Å². The molecule has 0 amide bonds. The molecule has 0 fully saturated rings. The van der Waals surface area contributed by atoms with Gasteiger partial charge in [-0.25, -0.2) is 0 Å². The summed E-state index contributed by atoms with van der Waals surface area (Å²) in [5, 5.41) is 0. The first-order valence-electron chi connectivity index (χ1n) is 5.51. The molecule has 1 unspecified atom stereocenters. The van der Waals surface area contributed by atoms with Crippen LogP contribution in [0.2, 0.25) is 0 Å². The Kier molecular flexibility index (Phi) is 15.0. The smallest absolute Gasteiger partial charge is 0.307 e. The monoisotopic (exact) mass is 220 g/mol. The van der Waals surface area contributed by atoms with E-state index in [-0.39, 0.29) is 5.97 Å². The third-order valence-electron chi connectivity index (χ3n) is 1.40. The fourth-order valence-electron chi connectivity index (χ4n) is 0.741. The number of esters is 1. The predicted octanol–water partition coefficient (Wildman–Crippen LogP) is 2.36. The molecule has 92 valence electrons. The summed E-state index contributed by atoms with van der Waals surface area (Å²) in [5.74, 6) is -0.221. The van der Waals surface area contributed by atoms with Crippen LogP contribution in [0.15, 0.2) is 0 Å². The van der Waals surface area contributed by atoms with Crippen molar-refractivity contribution in [3.05, 3.63) is 0 Å². The van der Waals surface area contributed by atoms with E-state index in [4.69, 9.17) is 14.2 Å². The first-order valence-corrected chi connectivity index (χ1v) is 5.51. The topological polar surface area (TPSA) is 44.8 Å². The van der Waals surface area contributed by atoms with Gasteiger partial charge in [0.2, 0.25) is 0 Å². The zero-order valence-corrected chi connectivity index (χ0v) is 10.5. The molecule has 0 aliphatic heterocycles. The summed E-state index contributed by atoms with van der Waals surface area (Å²) < 4.78 is 14.6. The number of rotatable bonds is 6. The summed E-state index contributed by atoms with van der Waals surface area (Å²) >= 11 is 0. The second-order valence-electron chi connectivity index (χ2n) is 2.65. The van der Waals surface area contributed by atoms with Crippen LogP contribution in [0.3, 0.4) is 0 Å². The molecule has 0 heterocycles. The van der Waals surface area contributed by atoms with E-state index in [9.17, 15) is 4.79 Å². The van der Waals surface area contributed by atoms with Crippen molar-refractivity contribution in [2.75, 3.05) is 19.8 Å². The highest BCUT2D eigenvalue weighted by Crippen LogP contribution is 1.95. The average molecular weight is 220 g/mol. The van der Waals surface area contributed by atoms with Gasteiger partial charge in [-0.2, -0.15) is 0 Å². The van der Waals surface area contributed by atoms with Gasteiger partial charge in [-0.05, 0) is 27.7 Å². The molecule has 0 radical (unpaired) electrons. The zero-order valence-electron chi connectivity index (χ0n) is 10.5. The Hall–Kier alpha value is -0.610. The van der Waals surface area contributed by atoms with Crippen molar-refractivity contribution in [3.8, 4) is 0 Å². The van der Waals surface area contributed by atoms with Crippen LogP contribution in [-0.4, -0.2) is 32.1 Å². The van der Waals surface area contributed by atoms with Crippen molar-refractivity contribution >= 4 is 5.97 Å². The highest BCUT2D eigenvalue weighted by atomic mass is 16.7. The normalized spacial score (nSPS) is 11.3. The lowest BCUT2D eigenvalue weighted by Crippen LogP contribution is -2.17. The summed E-state index contributed by atoms with van der Waals surface area (Å²) in [7, 11) is 0. The van der Waals surface area contributed by atoms with E-state index in [0.29, 0.717) is 13.0 Å². The Morgan fingerprint density at radius 3 is 1.87 bits per heavy atom. The maximum Gasteiger partial charge on any atom is 0.307 e. The van der Waals surface area contributed by atoms with Crippen LogP contribution in [0, 0.1) is 0 Å². The summed E-state index contributed by atoms with van der Waals surface area (Å²) in [6.07, 6.45) is -0.00493. The average Bonchev–Trinajstić information content (AvgIpc) is 2.20. The van der Waals surface area contributed by atoms with Gasteiger partial charge in [-0.3, -0.25) is 4.79 Å². The lowest BCUT2D eigenvalue weighted by molar-refractivity contribution is -0.173. The molecule has 4 heteroatoms. The van der Waals surface area contributed by atoms with E-state index in [1.165, 1.54) is 0 Å². The number of carbonyl (C=O) groups is 1. The molecule has 0 spiro atoms. The number of carbonyl (C=O) groups excluding carboxylic acids is 1. The molecule has 4 nitrogen and oxygen atoms in total. The summed E-state index contributed by atoms with van der Waals surface area (Å²) in [4.78, 5) is 10.6. The molecule has 0 N–H and O–H groups in total. The van der Waals surface area contributed by atoms with Gasteiger partial charge < -0.3 is 14.2 Å². The maximum absolute atomic E-state index is 10.6. The van der Waals surface area contributed by atoms with Gasteiger partial charge >= 0.3 is 5.97 Å². The fourth-order valence-corrected chi connectivity index (χ4v) is 0.741. The molecule has 15 heavy (non-hydrogen) atoms. The van der Waals surface area contributed by atoms with Crippen LogP contribution in [0.1, 0.15) is 41.0 Å².